The van der Waals surface area contributed by atoms with Crippen molar-refractivity contribution in [1.82, 2.24) is 4.31 Å². The lowest BCUT2D eigenvalue weighted by Gasteiger charge is -2.36. The number of hydrogen-bond donors (Lipinski definition) is 0. The van der Waals surface area contributed by atoms with Crippen molar-refractivity contribution in [1.29, 1.82) is 0 Å². The number of rotatable bonds is 4. The van der Waals surface area contributed by atoms with Crippen molar-refractivity contribution in [2.45, 2.75) is 23.8 Å². The van der Waals surface area contributed by atoms with Crippen LogP contribution in [0.4, 0.5) is 0 Å². The van der Waals surface area contributed by atoms with Crippen molar-refractivity contribution in [3.8, 4) is 0 Å². The summed E-state index contributed by atoms with van der Waals surface area (Å²) in [4.78, 5) is 13.0. The van der Waals surface area contributed by atoms with E-state index in [1.165, 1.54) is 25.4 Å². The van der Waals surface area contributed by atoms with Gasteiger partial charge in [0.2, 0.25) is 0 Å². The van der Waals surface area contributed by atoms with Gasteiger partial charge in [-0.3, -0.25) is 4.31 Å². The number of carbonyl (C=O) groups is 1. The molecule has 1 aliphatic rings. The smallest absolute Gasteiger partial charge is 0.337 e. The molecule has 0 N–H and O–H groups in total. The number of halogens is 2. The van der Waals surface area contributed by atoms with Gasteiger partial charge in [-0.05, 0) is 59.3 Å². The minimum Gasteiger partial charge on any atom is -0.467 e. The Morgan fingerprint density at radius 3 is 2.30 bits per heavy atom. The van der Waals surface area contributed by atoms with Crippen molar-refractivity contribution in [2.75, 3.05) is 7.11 Å². The largest absolute Gasteiger partial charge is 0.467 e. The van der Waals surface area contributed by atoms with Crippen LogP contribution in [-0.4, -0.2) is 25.8 Å². The average Bonchev–Trinajstić information content (AvgIpc) is 3.01. The highest BCUT2D eigenvalue weighted by molar-refractivity contribution is 14.1. The van der Waals surface area contributed by atoms with Crippen LogP contribution in [0.25, 0.3) is 0 Å². The summed E-state index contributed by atoms with van der Waals surface area (Å²) < 4.78 is 33.7. The highest BCUT2D eigenvalue weighted by Gasteiger charge is 2.54. The molecule has 0 radical (unpaired) electrons. The Morgan fingerprint density at radius 2 is 1.74 bits per heavy atom. The molecule has 0 aromatic heterocycles. The third-order valence-corrected chi connectivity index (χ3v) is 7.20. The van der Waals surface area contributed by atoms with Crippen LogP contribution in [0.2, 0.25) is 5.02 Å². The van der Waals surface area contributed by atoms with Crippen LogP contribution in [0.5, 0.6) is 0 Å². The number of methoxy groups -OCH3 is 1. The van der Waals surface area contributed by atoms with Gasteiger partial charge in [-0.25, -0.2) is 13.2 Å². The minimum atomic E-state index is -3.99. The SMILES string of the molecule is COC(=O)C1(c2ccc(Cl)cc2)CC(I)=CN1S(=O)(=O)c1ccc(C)cc1. The second-order valence-electron chi connectivity index (χ2n) is 6.23. The van der Waals surface area contributed by atoms with Gasteiger partial charge in [0, 0.05) is 21.2 Å². The summed E-state index contributed by atoms with van der Waals surface area (Å²) in [5, 5.41) is 0.493. The van der Waals surface area contributed by atoms with Crippen molar-refractivity contribution < 1.29 is 17.9 Å². The summed E-state index contributed by atoms with van der Waals surface area (Å²) in [5.74, 6) is -0.650. The van der Waals surface area contributed by atoms with Gasteiger partial charge < -0.3 is 4.74 Å². The molecule has 0 saturated heterocycles. The molecule has 27 heavy (non-hydrogen) atoms. The number of hydrogen-bond acceptors (Lipinski definition) is 4. The Kier molecular flexibility index (Phi) is 5.56. The van der Waals surface area contributed by atoms with Crippen LogP contribution in [0.3, 0.4) is 0 Å². The van der Waals surface area contributed by atoms with Crippen molar-refractivity contribution in [2.24, 2.45) is 0 Å². The van der Waals surface area contributed by atoms with Crippen LogP contribution in [0.15, 0.2) is 63.2 Å². The molecule has 5 nitrogen and oxygen atoms in total. The Morgan fingerprint density at radius 1 is 1.15 bits per heavy atom. The van der Waals surface area contributed by atoms with Gasteiger partial charge >= 0.3 is 5.97 Å². The number of sulfonamides is 1. The molecule has 1 aliphatic heterocycles. The molecule has 0 amide bonds. The summed E-state index contributed by atoms with van der Waals surface area (Å²) in [6.45, 7) is 1.88. The molecule has 142 valence electrons. The fraction of sp³-hybridized carbons (Fsp3) is 0.211. The van der Waals surface area contributed by atoms with Gasteiger partial charge in [-0.1, -0.05) is 41.4 Å². The first-order valence-corrected chi connectivity index (χ1v) is 10.9. The third-order valence-electron chi connectivity index (χ3n) is 4.48. The number of carbonyl (C=O) groups excluding carboxylic acids is 1. The quantitative estimate of drug-likeness (QED) is 0.446. The van der Waals surface area contributed by atoms with Gasteiger partial charge in [0.25, 0.3) is 10.0 Å². The molecule has 3 rings (SSSR count). The zero-order chi connectivity index (χ0) is 19.8. The third kappa shape index (κ3) is 3.48. The van der Waals surface area contributed by atoms with Gasteiger partial charge in [-0.15, -0.1) is 0 Å². The van der Waals surface area contributed by atoms with Crippen LogP contribution in [0.1, 0.15) is 17.5 Å². The second kappa shape index (κ2) is 7.44. The van der Waals surface area contributed by atoms with E-state index in [2.05, 4.69) is 0 Å². The van der Waals surface area contributed by atoms with E-state index in [1.54, 1.807) is 36.4 Å². The van der Waals surface area contributed by atoms with Crippen LogP contribution < -0.4 is 0 Å². The first-order valence-electron chi connectivity index (χ1n) is 8.03. The van der Waals surface area contributed by atoms with E-state index in [0.29, 0.717) is 10.6 Å². The summed E-state index contributed by atoms with van der Waals surface area (Å²) in [6.07, 6.45) is 1.67. The number of esters is 1. The minimum absolute atomic E-state index is 0.109. The number of ether oxygens (including phenoxy) is 1. The maximum atomic E-state index is 13.4. The lowest BCUT2D eigenvalue weighted by Crippen LogP contribution is -2.50. The molecule has 1 unspecified atom stereocenters. The van der Waals surface area contributed by atoms with Crippen molar-refractivity contribution in [3.05, 3.63) is 74.5 Å². The predicted octanol–water partition coefficient (Wildman–Crippen LogP) is 4.39. The molecule has 1 heterocycles. The Hall–Kier alpha value is -1.58. The van der Waals surface area contributed by atoms with E-state index in [9.17, 15) is 13.2 Å². The predicted molar refractivity (Wildman–Crippen MR) is 112 cm³/mol. The van der Waals surface area contributed by atoms with E-state index in [4.69, 9.17) is 16.3 Å². The van der Waals surface area contributed by atoms with Gasteiger partial charge in [-0.2, -0.15) is 0 Å². The molecule has 8 heteroatoms. The van der Waals surface area contributed by atoms with Crippen LogP contribution in [-0.2, 0) is 25.1 Å². The molecule has 0 spiro atoms. The maximum Gasteiger partial charge on any atom is 0.337 e. The molecule has 0 saturated carbocycles. The van der Waals surface area contributed by atoms with Gasteiger partial charge in [0.05, 0.1) is 12.0 Å². The standard InChI is InChI=1S/C19H17ClINO4S/c1-13-3-9-17(10-4-13)27(24,25)22-12-16(21)11-19(22,18(23)26-2)14-5-7-15(20)8-6-14/h3-10,12H,11H2,1-2H3. The molecule has 0 fully saturated rings. The Bertz CT molecular complexity index is 1000. The lowest BCUT2D eigenvalue weighted by atomic mass is 9.88. The van der Waals surface area contributed by atoms with Crippen LogP contribution in [0, 0.1) is 6.92 Å². The summed E-state index contributed by atoms with van der Waals surface area (Å²) in [5.41, 5.74) is -0.0747. The van der Waals surface area contributed by atoms with E-state index >= 15 is 0 Å². The maximum absolute atomic E-state index is 13.4. The van der Waals surface area contributed by atoms with E-state index in [0.717, 1.165) is 13.4 Å². The van der Waals surface area contributed by atoms with E-state index in [-0.39, 0.29) is 11.3 Å². The molecular weight excluding hydrogens is 501 g/mol. The number of nitrogens with zero attached hydrogens (tertiary/aromatic N) is 1. The summed E-state index contributed by atoms with van der Waals surface area (Å²) in [6, 6.07) is 13.1. The van der Waals surface area contributed by atoms with Crippen molar-refractivity contribution >= 4 is 50.2 Å². The zero-order valence-electron chi connectivity index (χ0n) is 14.6. The monoisotopic (exact) mass is 517 g/mol. The average molecular weight is 518 g/mol. The lowest BCUT2D eigenvalue weighted by molar-refractivity contribution is -0.151. The normalized spacial score (nSPS) is 19.7. The van der Waals surface area contributed by atoms with Crippen LogP contribution >= 0.6 is 34.2 Å². The molecule has 1 atom stereocenters. The topological polar surface area (TPSA) is 63.7 Å². The van der Waals surface area contributed by atoms with Gasteiger partial charge in [0.15, 0.2) is 5.54 Å². The molecule has 2 aromatic carbocycles. The highest BCUT2D eigenvalue weighted by Crippen LogP contribution is 2.47. The Balaban J connectivity index is 2.22. The summed E-state index contributed by atoms with van der Waals surface area (Å²) >= 11 is 8.02. The second-order valence-corrected chi connectivity index (χ2v) is 9.86. The van der Waals surface area contributed by atoms with Crippen molar-refractivity contribution in [3.63, 3.8) is 0 Å². The molecular formula is C19H17ClINO4S. The number of aryl methyl sites for hydroxylation is 1. The fourth-order valence-corrected chi connectivity index (χ4v) is 5.88. The van der Waals surface area contributed by atoms with E-state index in [1.807, 2.05) is 29.5 Å². The highest BCUT2D eigenvalue weighted by atomic mass is 127. The molecule has 2 aromatic rings. The van der Waals surface area contributed by atoms with Gasteiger partial charge in [0.1, 0.15) is 0 Å². The first kappa shape index (κ1) is 20.2. The summed E-state index contributed by atoms with van der Waals surface area (Å²) in [7, 11) is -2.74. The zero-order valence-corrected chi connectivity index (χ0v) is 18.4. The Labute approximate surface area is 177 Å². The van der Waals surface area contributed by atoms with E-state index < -0.39 is 21.5 Å². The number of benzene rings is 2. The molecule has 0 bridgehead atoms. The fourth-order valence-electron chi connectivity index (χ4n) is 3.11. The molecule has 0 aliphatic carbocycles. The first-order chi connectivity index (χ1) is 12.7.